The number of carbonyl (C=O) groups excluding carboxylic acids is 1. The number of benzene rings is 1. The molecule has 2 N–H and O–H groups in total. The molecule has 2 aromatic rings. The summed E-state index contributed by atoms with van der Waals surface area (Å²) in [5.74, 6) is -0.570. The zero-order valence-electron chi connectivity index (χ0n) is 9.47. The van der Waals surface area contributed by atoms with Crippen LogP contribution in [0.2, 0.25) is 0 Å². The van der Waals surface area contributed by atoms with Crippen molar-refractivity contribution in [1.29, 1.82) is 0 Å². The van der Waals surface area contributed by atoms with Crippen LogP contribution >= 0.6 is 11.3 Å². The van der Waals surface area contributed by atoms with Gasteiger partial charge in [-0.1, -0.05) is 18.2 Å². The van der Waals surface area contributed by atoms with Crippen molar-refractivity contribution < 1.29 is 14.3 Å². The third kappa shape index (κ3) is 3.15. The molecule has 1 amide bonds. The predicted molar refractivity (Wildman–Crippen MR) is 68.0 cm³/mol. The lowest BCUT2D eigenvalue weighted by Crippen LogP contribution is -2.27. The van der Waals surface area contributed by atoms with E-state index in [1.165, 1.54) is 35.6 Å². The standard InChI is InChI=1S/C13H12FNO2S/c14-10-5-3-9(4-6-10)11(16)8-15-13(17)12-2-1-7-18-12/h1-7,11,16H,8H2,(H,15,17). The van der Waals surface area contributed by atoms with E-state index in [4.69, 9.17) is 0 Å². The van der Waals surface area contributed by atoms with Gasteiger partial charge in [0.15, 0.2) is 0 Å². The second-order valence-corrected chi connectivity index (χ2v) is 4.70. The third-order valence-corrected chi connectivity index (χ3v) is 3.32. The highest BCUT2D eigenvalue weighted by molar-refractivity contribution is 7.12. The quantitative estimate of drug-likeness (QED) is 0.891. The smallest absolute Gasteiger partial charge is 0.261 e. The lowest BCUT2D eigenvalue weighted by Gasteiger charge is -2.11. The molecule has 0 fully saturated rings. The summed E-state index contributed by atoms with van der Waals surface area (Å²) in [4.78, 5) is 12.2. The molecule has 94 valence electrons. The minimum Gasteiger partial charge on any atom is -0.387 e. The highest BCUT2D eigenvalue weighted by Crippen LogP contribution is 2.13. The van der Waals surface area contributed by atoms with Crippen LogP contribution in [0.15, 0.2) is 41.8 Å². The fourth-order valence-corrected chi connectivity index (χ4v) is 2.13. The van der Waals surface area contributed by atoms with Gasteiger partial charge in [0.25, 0.3) is 5.91 Å². The van der Waals surface area contributed by atoms with Crippen molar-refractivity contribution in [1.82, 2.24) is 5.32 Å². The molecule has 0 aliphatic rings. The van der Waals surface area contributed by atoms with Crippen LogP contribution in [0.5, 0.6) is 0 Å². The van der Waals surface area contributed by atoms with E-state index in [1.807, 2.05) is 5.38 Å². The molecular formula is C13H12FNO2S. The number of nitrogens with one attached hydrogen (secondary N) is 1. The van der Waals surface area contributed by atoms with E-state index in [2.05, 4.69) is 5.32 Å². The van der Waals surface area contributed by atoms with E-state index in [0.29, 0.717) is 10.4 Å². The Morgan fingerprint density at radius 3 is 2.67 bits per heavy atom. The Hall–Kier alpha value is -1.72. The molecule has 18 heavy (non-hydrogen) atoms. The van der Waals surface area contributed by atoms with E-state index in [-0.39, 0.29) is 18.3 Å². The van der Waals surface area contributed by atoms with Crippen molar-refractivity contribution in [3.05, 3.63) is 58.0 Å². The third-order valence-electron chi connectivity index (χ3n) is 2.46. The van der Waals surface area contributed by atoms with Gasteiger partial charge in [0, 0.05) is 6.54 Å². The maximum absolute atomic E-state index is 12.7. The van der Waals surface area contributed by atoms with Gasteiger partial charge in [-0.2, -0.15) is 0 Å². The molecule has 0 radical (unpaired) electrons. The molecule has 0 saturated heterocycles. The molecular weight excluding hydrogens is 253 g/mol. The van der Waals surface area contributed by atoms with Gasteiger partial charge in [0.1, 0.15) is 5.82 Å². The van der Waals surface area contributed by atoms with Crippen LogP contribution in [-0.2, 0) is 0 Å². The first-order chi connectivity index (χ1) is 8.66. The fourth-order valence-electron chi connectivity index (χ4n) is 1.49. The normalized spacial score (nSPS) is 12.1. The van der Waals surface area contributed by atoms with Gasteiger partial charge in [0.2, 0.25) is 0 Å². The Morgan fingerprint density at radius 1 is 1.33 bits per heavy atom. The van der Waals surface area contributed by atoms with Crippen LogP contribution in [0.1, 0.15) is 21.3 Å². The molecule has 0 saturated carbocycles. The van der Waals surface area contributed by atoms with E-state index in [0.717, 1.165) is 0 Å². The Balaban J connectivity index is 1.90. The summed E-state index contributed by atoms with van der Waals surface area (Å²) in [5.41, 5.74) is 0.572. The largest absolute Gasteiger partial charge is 0.387 e. The molecule has 0 bridgehead atoms. The lowest BCUT2D eigenvalue weighted by molar-refractivity contribution is 0.0920. The van der Waals surface area contributed by atoms with Gasteiger partial charge >= 0.3 is 0 Å². The first-order valence-electron chi connectivity index (χ1n) is 5.42. The maximum atomic E-state index is 12.7. The molecule has 3 nitrogen and oxygen atoms in total. The second-order valence-electron chi connectivity index (χ2n) is 3.75. The summed E-state index contributed by atoms with van der Waals surface area (Å²) in [7, 11) is 0. The molecule has 0 spiro atoms. The summed E-state index contributed by atoms with van der Waals surface area (Å²) in [5, 5.41) is 14.3. The minimum atomic E-state index is -0.838. The fraction of sp³-hybridized carbons (Fsp3) is 0.154. The number of amides is 1. The van der Waals surface area contributed by atoms with Crippen LogP contribution in [0.3, 0.4) is 0 Å². The van der Waals surface area contributed by atoms with Crippen molar-refractivity contribution >= 4 is 17.2 Å². The molecule has 1 aromatic carbocycles. The van der Waals surface area contributed by atoms with Crippen molar-refractivity contribution in [3.8, 4) is 0 Å². The zero-order valence-corrected chi connectivity index (χ0v) is 10.3. The predicted octanol–water partition coefficient (Wildman–Crippen LogP) is 2.35. The number of rotatable bonds is 4. The maximum Gasteiger partial charge on any atom is 0.261 e. The molecule has 0 aliphatic carbocycles. The van der Waals surface area contributed by atoms with Crippen LogP contribution in [0, 0.1) is 5.82 Å². The number of aliphatic hydroxyl groups is 1. The van der Waals surface area contributed by atoms with Crippen molar-refractivity contribution in [3.63, 3.8) is 0 Å². The van der Waals surface area contributed by atoms with Crippen LogP contribution in [0.4, 0.5) is 4.39 Å². The average Bonchev–Trinajstić information content (AvgIpc) is 2.90. The van der Waals surface area contributed by atoms with Gasteiger partial charge in [-0.15, -0.1) is 11.3 Å². The summed E-state index contributed by atoms with van der Waals surface area (Å²) in [6, 6.07) is 9.05. The molecule has 2 rings (SSSR count). The van der Waals surface area contributed by atoms with Crippen LogP contribution in [0.25, 0.3) is 0 Å². The highest BCUT2D eigenvalue weighted by Gasteiger charge is 2.11. The van der Waals surface area contributed by atoms with E-state index in [1.54, 1.807) is 12.1 Å². The van der Waals surface area contributed by atoms with Gasteiger partial charge in [-0.3, -0.25) is 4.79 Å². The van der Waals surface area contributed by atoms with Crippen molar-refractivity contribution in [2.45, 2.75) is 6.10 Å². The molecule has 5 heteroatoms. The average molecular weight is 265 g/mol. The summed E-state index contributed by atoms with van der Waals surface area (Å²) < 4.78 is 12.7. The Bertz CT molecular complexity index is 510. The minimum absolute atomic E-state index is 0.0996. The highest BCUT2D eigenvalue weighted by atomic mass is 32.1. The Morgan fingerprint density at radius 2 is 2.06 bits per heavy atom. The SMILES string of the molecule is O=C(NCC(O)c1ccc(F)cc1)c1cccs1. The summed E-state index contributed by atoms with van der Waals surface area (Å²) in [6.45, 7) is 0.0996. The van der Waals surface area contributed by atoms with E-state index >= 15 is 0 Å². The number of aliphatic hydroxyl groups excluding tert-OH is 1. The zero-order chi connectivity index (χ0) is 13.0. The van der Waals surface area contributed by atoms with Gasteiger partial charge in [-0.25, -0.2) is 4.39 Å². The Kier molecular flexibility index (Phi) is 4.07. The first-order valence-corrected chi connectivity index (χ1v) is 6.30. The van der Waals surface area contributed by atoms with Crippen molar-refractivity contribution in [2.75, 3.05) is 6.54 Å². The van der Waals surface area contributed by atoms with Crippen molar-refractivity contribution in [2.24, 2.45) is 0 Å². The van der Waals surface area contributed by atoms with E-state index in [9.17, 15) is 14.3 Å². The van der Waals surface area contributed by atoms with Gasteiger partial charge < -0.3 is 10.4 Å². The molecule has 1 unspecified atom stereocenters. The topological polar surface area (TPSA) is 49.3 Å². The summed E-state index contributed by atoms with van der Waals surface area (Å²) in [6.07, 6.45) is -0.838. The number of thiophene rings is 1. The molecule has 0 aliphatic heterocycles. The van der Waals surface area contributed by atoms with E-state index < -0.39 is 6.10 Å². The number of hydrogen-bond donors (Lipinski definition) is 2. The molecule has 1 aromatic heterocycles. The lowest BCUT2D eigenvalue weighted by atomic mass is 10.1. The number of halogens is 1. The molecule has 1 heterocycles. The number of carbonyl (C=O) groups is 1. The number of hydrogen-bond acceptors (Lipinski definition) is 3. The van der Waals surface area contributed by atoms with Crippen LogP contribution in [-0.4, -0.2) is 17.6 Å². The van der Waals surface area contributed by atoms with Crippen LogP contribution < -0.4 is 5.32 Å². The Labute approximate surface area is 108 Å². The second kappa shape index (κ2) is 5.75. The van der Waals surface area contributed by atoms with Gasteiger partial charge in [-0.05, 0) is 29.1 Å². The summed E-state index contributed by atoms with van der Waals surface area (Å²) >= 11 is 1.34. The van der Waals surface area contributed by atoms with Gasteiger partial charge in [0.05, 0.1) is 11.0 Å². The first kappa shape index (κ1) is 12.7. The monoisotopic (exact) mass is 265 g/mol. The molecule has 1 atom stereocenters.